The summed E-state index contributed by atoms with van der Waals surface area (Å²) in [5.74, 6) is 1.08. The smallest absolute Gasteiger partial charge is 0.115 e. The Hall–Kier alpha value is -0.960. The van der Waals surface area contributed by atoms with Crippen molar-refractivity contribution in [1.82, 2.24) is 9.97 Å². The van der Waals surface area contributed by atoms with E-state index >= 15 is 0 Å². The summed E-state index contributed by atoms with van der Waals surface area (Å²) < 4.78 is 0. The predicted molar refractivity (Wildman–Crippen MR) is 44.3 cm³/mol. The summed E-state index contributed by atoms with van der Waals surface area (Å²) >= 11 is 0. The Labute approximate surface area is 71.5 Å². The van der Waals surface area contributed by atoms with Crippen LogP contribution in [0.4, 0.5) is 0 Å². The molecule has 2 rings (SSSR count). The Morgan fingerprint density at radius 3 is 2.58 bits per heavy atom. The fraction of sp³-hybridized carbons (Fsp3) is 0.556. The first-order chi connectivity index (χ1) is 5.79. The molecule has 1 aliphatic carbocycles. The Bertz CT molecular complexity index is 262. The number of aromatic nitrogens is 2. The highest BCUT2D eigenvalue weighted by Crippen LogP contribution is 2.46. The molecule has 0 amide bonds. The highest BCUT2D eigenvalue weighted by atomic mass is 16.3. The van der Waals surface area contributed by atoms with Crippen LogP contribution in [0.5, 0.6) is 0 Å². The molecular weight excluding hydrogens is 152 g/mol. The summed E-state index contributed by atoms with van der Waals surface area (Å²) in [7, 11) is 0. The van der Waals surface area contributed by atoms with Crippen LogP contribution in [0, 0.1) is 11.8 Å². The van der Waals surface area contributed by atoms with Gasteiger partial charge in [-0.2, -0.15) is 0 Å². The number of hydrogen-bond donors (Lipinski definition) is 1. The highest BCUT2D eigenvalue weighted by Gasteiger charge is 2.39. The lowest BCUT2D eigenvalue weighted by atomic mass is 10.1. The van der Waals surface area contributed by atoms with Crippen molar-refractivity contribution in [3.05, 3.63) is 24.3 Å². The van der Waals surface area contributed by atoms with Crippen LogP contribution in [-0.4, -0.2) is 15.1 Å². The van der Waals surface area contributed by atoms with E-state index in [1.807, 2.05) is 0 Å². The first-order valence-corrected chi connectivity index (χ1v) is 4.22. The molecule has 0 radical (unpaired) electrons. The second kappa shape index (κ2) is 2.83. The lowest BCUT2D eigenvalue weighted by Gasteiger charge is -2.07. The number of aliphatic hydroxyl groups is 1. The monoisotopic (exact) mass is 164 g/mol. The van der Waals surface area contributed by atoms with E-state index in [4.69, 9.17) is 0 Å². The van der Waals surface area contributed by atoms with Gasteiger partial charge < -0.3 is 5.11 Å². The summed E-state index contributed by atoms with van der Waals surface area (Å²) in [5.41, 5.74) is 0.840. The number of nitrogens with zero attached hydrogens (tertiary/aromatic N) is 2. The Morgan fingerprint density at radius 1 is 1.50 bits per heavy atom. The molecule has 1 aromatic heterocycles. The van der Waals surface area contributed by atoms with Crippen molar-refractivity contribution in [2.45, 2.75) is 19.4 Å². The number of aliphatic hydroxyl groups excluding tert-OH is 1. The second-order valence-corrected chi connectivity index (χ2v) is 3.49. The second-order valence-electron chi connectivity index (χ2n) is 3.49. The van der Waals surface area contributed by atoms with Crippen molar-refractivity contribution in [2.24, 2.45) is 11.8 Å². The van der Waals surface area contributed by atoms with Gasteiger partial charge in [0.15, 0.2) is 0 Å². The van der Waals surface area contributed by atoms with E-state index in [0.29, 0.717) is 11.8 Å². The zero-order chi connectivity index (χ0) is 8.55. The summed E-state index contributed by atoms with van der Waals surface area (Å²) in [6.07, 6.45) is 5.61. The minimum Gasteiger partial charge on any atom is -0.388 e. The standard InChI is InChI=1S/C9H12N2O/c1-6-2-8(6)9(12)7-3-10-5-11-4-7/h3-6,8-9,12H,2H2,1H3. The van der Waals surface area contributed by atoms with Gasteiger partial charge in [0.2, 0.25) is 0 Å². The molecule has 1 heterocycles. The minimum absolute atomic E-state index is 0.360. The quantitative estimate of drug-likeness (QED) is 0.713. The molecule has 0 aliphatic heterocycles. The third-order valence-corrected chi connectivity index (χ3v) is 2.50. The average molecular weight is 164 g/mol. The van der Waals surface area contributed by atoms with Crippen LogP contribution < -0.4 is 0 Å². The van der Waals surface area contributed by atoms with Crippen molar-refractivity contribution in [2.75, 3.05) is 0 Å². The Balaban J connectivity index is 2.10. The van der Waals surface area contributed by atoms with Gasteiger partial charge in [-0.1, -0.05) is 6.92 Å². The normalized spacial score (nSPS) is 29.8. The molecule has 0 aromatic carbocycles. The van der Waals surface area contributed by atoms with E-state index < -0.39 is 0 Å². The first kappa shape index (κ1) is 7.68. The van der Waals surface area contributed by atoms with E-state index in [0.717, 1.165) is 12.0 Å². The molecule has 1 saturated carbocycles. The van der Waals surface area contributed by atoms with E-state index in [9.17, 15) is 5.11 Å². The maximum Gasteiger partial charge on any atom is 0.115 e. The van der Waals surface area contributed by atoms with Crippen molar-refractivity contribution in [3.63, 3.8) is 0 Å². The van der Waals surface area contributed by atoms with Gasteiger partial charge >= 0.3 is 0 Å². The zero-order valence-corrected chi connectivity index (χ0v) is 7.01. The third-order valence-electron chi connectivity index (χ3n) is 2.50. The van der Waals surface area contributed by atoms with Gasteiger partial charge in [-0.25, -0.2) is 9.97 Å². The van der Waals surface area contributed by atoms with Crippen molar-refractivity contribution >= 4 is 0 Å². The van der Waals surface area contributed by atoms with Gasteiger partial charge in [-0.05, 0) is 18.3 Å². The van der Waals surface area contributed by atoms with E-state index in [1.54, 1.807) is 12.4 Å². The van der Waals surface area contributed by atoms with Crippen LogP contribution in [0.3, 0.4) is 0 Å². The fourth-order valence-electron chi connectivity index (χ4n) is 1.50. The van der Waals surface area contributed by atoms with Crippen LogP contribution in [0.25, 0.3) is 0 Å². The molecule has 12 heavy (non-hydrogen) atoms. The Morgan fingerprint density at radius 2 is 2.08 bits per heavy atom. The molecule has 3 nitrogen and oxygen atoms in total. The SMILES string of the molecule is CC1CC1C(O)c1cncnc1. The molecule has 64 valence electrons. The first-order valence-electron chi connectivity index (χ1n) is 4.22. The lowest BCUT2D eigenvalue weighted by molar-refractivity contribution is 0.147. The molecule has 0 bridgehead atoms. The van der Waals surface area contributed by atoms with Gasteiger partial charge in [0.05, 0.1) is 6.10 Å². The molecule has 0 saturated heterocycles. The van der Waals surface area contributed by atoms with Crippen molar-refractivity contribution in [3.8, 4) is 0 Å². The maximum absolute atomic E-state index is 9.75. The van der Waals surface area contributed by atoms with Gasteiger partial charge in [-0.15, -0.1) is 0 Å². The molecule has 1 fully saturated rings. The Kier molecular flexibility index (Phi) is 1.81. The largest absolute Gasteiger partial charge is 0.388 e. The zero-order valence-electron chi connectivity index (χ0n) is 7.01. The summed E-state index contributed by atoms with van der Waals surface area (Å²) in [5, 5.41) is 9.75. The topological polar surface area (TPSA) is 46.0 Å². The molecule has 1 aromatic rings. The van der Waals surface area contributed by atoms with Crippen molar-refractivity contribution < 1.29 is 5.11 Å². The summed E-state index contributed by atoms with van der Waals surface area (Å²) in [6, 6.07) is 0. The third kappa shape index (κ3) is 1.32. The highest BCUT2D eigenvalue weighted by molar-refractivity contribution is 5.11. The molecular formula is C9H12N2O. The maximum atomic E-state index is 9.75. The van der Waals surface area contributed by atoms with Crippen LogP contribution in [0.2, 0.25) is 0 Å². The lowest BCUT2D eigenvalue weighted by Crippen LogP contribution is -2.01. The molecule has 3 atom stereocenters. The average Bonchev–Trinajstić information content (AvgIpc) is 2.83. The molecule has 1 N–H and O–H groups in total. The van der Waals surface area contributed by atoms with Crippen LogP contribution in [0.1, 0.15) is 25.0 Å². The van der Waals surface area contributed by atoms with Gasteiger partial charge in [0.25, 0.3) is 0 Å². The van der Waals surface area contributed by atoms with Gasteiger partial charge in [-0.3, -0.25) is 0 Å². The number of hydrogen-bond acceptors (Lipinski definition) is 3. The molecule has 0 spiro atoms. The molecule has 3 heteroatoms. The number of rotatable bonds is 2. The summed E-state index contributed by atoms with van der Waals surface area (Å²) in [4.78, 5) is 7.74. The van der Waals surface area contributed by atoms with Crippen molar-refractivity contribution in [1.29, 1.82) is 0 Å². The van der Waals surface area contributed by atoms with E-state index in [2.05, 4.69) is 16.9 Å². The van der Waals surface area contributed by atoms with Crippen LogP contribution >= 0.6 is 0 Å². The minimum atomic E-state index is -0.360. The molecule has 3 unspecified atom stereocenters. The van der Waals surface area contributed by atoms with Gasteiger partial charge in [0, 0.05) is 18.0 Å². The predicted octanol–water partition coefficient (Wildman–Crippen LogP) is 1.17. The van der Waals surface area contributed by atoms with Crippen LogP contribution in [0.15, 0.2) is 18.7 Å². The van der Waals surface area contributed by atoms with E-state index in [-0.39, 0.29) is 6.10 Å². The van der Waals surface area contributed by atoms with E-state index in [1.165, 1.54) is 6.33 Å². The fourth-order valence-corrected chi connectivity index (χ4v) is 1.50. The van der Waals surface area contributed by atoms with Crippen LogP contribution in [-0.2, 0) is 0 Å². The van der Waals surface area contributed by atoms with Gasteiger partial charge in [0.1, 0.15) is 6.33 Å². The molecule has 1 aliphatic rings. The summed E-state index contributed by atoms with van der Waals surface area (Å²) in [6.45, 7) is 2.15.